The molecule has 16 heavy (non-hydrogen) atoms. The van der Waals surface area contributed by atoms with Gasteiger partial charge in [-0.25, -0.2) is 0 Å². The minimum Gasteiger partial charge on any atom is -0.497 e. The molecule has 4 nitrogen and oxygen atoms in total. The molecule has 1 aromatic rings. The smallest absolute Gasteiger partial charge is 0.244 e. The Bertz CT molecular complexity index is 358. The summed E-state index contributed by atoms with van der Waals surface area (Å²) in [5.74, 6) is 0.658. The molecule has 0 aromatic heterocycles. The Balaban J connectivity index is 2.52. The average molecular weight is 220 g/mol. The molecule has 0 aliphatic heterocycles. The van der Waals surface area contributed by atoms with Crippen molar-refractivity contribution in [3.8, 4) is 5.75 Å². The number of nitrogens with two attached hydrogens (primary N) is 1. The molecule has 0 saturated heterocycles. The molecule has 1 amide bonds. The van der Waals surface area contributed by atoms with Crippen LogP contribution in [0, 0.1) is 0 Å². The summed E-state index contributed by atoms with van der Waals surface area (Å²) in [7, 11) is 1.62. The van der Waals surface area contributed by atoms with Gasteiger partial charge in [0.2, 0.25) is 5.91 Å². The van der Waals surface area contributed by atoms with Crippen LogP contribution in [0.15, 0.2) is 30.3 Å². The van der Waals surface area contributed by atoms with Gasteiger partial charge in [-0.2, -0.15) is 0 Å². The van der Waals surface area contributed by atoms with E-state index >= 15 is 0 Å². The molecular weight excluding hydrogens is 204 g/mol. The van der Waals surface area contributed by atoms with Crippen LogP contribution in [-0.2, 0) is 4.79 Å². The largest absolute Gasteiger partial charge is 0.497 e. The molecule has 0 heterocycles. The third kappa shape index (κ3) is 4.14. The predicted molar refractivity (Wildman–Crippen MR) is 64.1 cm³/mol. The third-order valence-corrected chi connectivity index (χ3v) is 1.99. The van der Waals surface area contributed by atoms with Crippen LogP contribution in [0.2, 0.25) is 0 Å². The summed E-state index contributed by atoms with van der Waals surface area (Å²) >= 11 is 0. The van der Waals surface area contributed by atoms with Gasteiger partial charge >= 0.3 is 0 Å². The van der Waals surface area contributed by atoms with Crippen LogP contribution in [-0.4, -0.2) is 26.1 Å². The van der Waals surface area contributed by atoms with Crippen molar-refractivity contribution in [1.29, 1.82) is 0 Å². The predicted octanol–water partition coefficient (Wildman–Crippen LogP) is 0.783. The van der Waals surface area contributed by atoms with Gasteiger partial charge in [-0.1, -0.05) is 12.1 Å². The number of benzene rings is 1. The number of carbonyl (C=O) groups is 1. The number of carbonyl (C=O) groups excluding carboxylic acids is 1. The zero-order valence-corrected chi connectivity index (χ0v) is 9.27. The lowest BCUT2D eigenvalue weighted by Crippen LogP contribution is -2.27. The monoisotopic (exact) mass is 220 g/mol. The number of rotatable bonds is 5. The first-order valence-electron chi connectivity index (χ1n) is 5.06. The molecule has 0 saturated carbocycles. The SMILES string of the molecule is COc1ccc(C=CC(=O)NCCN)cc1. The molecule has 0 radical (unpaired) electrons. The van der Waals surface area contributed by atoms with Crippen molar-refractivity contribution in [1.82, 2.24) is 5.32 Å². The standard InChI is InChI=1S/C12H16N2O2/c1-16-11-5-2-10(3-6-11)4-7-12(15)14-9-8-13/h2-7H,8-9,13H2,1H3,(H,14,15). The van der Waals surface area contributed by atoms with Crippen LogP contribution in [0.4, 0.5) is 0 Å². The number of methoxy groups -OCH3 is 1. The Labute approximate surface area is 95.1 Å². The Hall–Kier alpha value is -1.81. The van der Waals surface area contributed by atoms with E-state index in [4.69, 9.17) is 10.5 Å². The number of amides is 1. The van der Waals surface area contributed by atoms with Crippen LogP contribution >= 0.6 is 0 Å². The van der Waals surface area contributed by atoms with Crippen LogP contribution in [0.1, 0.15) is 5.56 Å². The molecule has 0 atom stereocenters. The van der Waals surface area contributed by atoms with E-state index in [-0.39, 0.29) is 5.91 Å². The van der Waals surface area contributed by atoms with E-state index in [1.807, 2.05) is 24.3 Å². The maximum Gasteiger partial charge on any atom is 0.244 e. The van der Waals surface area contributed by atoms with Crippen molar-refractivity contribution in [2.45, 2.75) is 0 Å². The Morgan fingerprint density at radius 1 is 1.44 bits per heavy atom. The first-order chi connectivity index (χ1) is 7.76. The Morgan fingerprint density at radius 3 is 2.69 bits per heavy atom. The summed E-state index contributed by atoms with van der Waals surface area (Å²) in [5, 5.41) is 2.65. The van der Waals surface area contributed by atoms with Crippen molar-refractivity contribution in [2.75, 3.05) is 20.2 Å². The van der Waals surface area contributed by atoms with E-state index in [2.05, 4.69) is 5.32 Å². The van der Waals surface area contributed by atoms with Gasteiger partial charge in [0.1, 0.15) is 5.75 Å². The van der Waals surface area contributed by atoms with Gasteiger partial charge in [-0.05, 0) is 23.8 Å². The van der Waals surface area contributed by atoms with E-state index in [0.29, 0.717) is 13.1 Å². The second kappa shape index (κ2) is 6.63. The number of hydrogen-bond donors (Lipinski definition) is 2. The summed E-state index contributed by atoms with van der Waals surface area (Å²) in [6.45, 7) is 0.938. The minimum atomic E-state index is -0.138. The highest BCUT2D eigenvalue weighted by Crippen LogP contribution is 2.11. The normalized spacial score (nSPS) is 10.4. The topological polar surface area (TPSA) is 64.3 Å². The van der Waals surface area contributed by atoms with Crippen molar-refractivity contribution in [3.63, 3.8) is 0 Å². The molecule has 0 spiro atoms. The minimum absolute atomic E-state index is 0.138. The lowest BCUT2D eigenvalue weighted by molar-refractivity contribution is -0.116. The molecule has 0 aliphatic carbocycles. The Kier molecular flexibility index (Phi) is 5.08. The van der Waals surface area contributed by atoms with Crippen LogP contribution < -0.4 is 15.8 Å². The van der Waals surface area contributed by atoms with E-state index in [1.54, 1.807) is 13.2 Å². The molecule has 1 aromatic carbocycles. The quantitative estimate of drug-likeness (QED) is 0.721. The lowest BCUT2D eigenvalue weighted by Gasteiger charge is -1.99. The fraction of sp³-hybridized carbons (Fsp3) is 0.250. The van der Waals surface area contributed by atoms with Gasteiger partial charge in [0.15, 0.2) is 0 Å². The summed E-state index contributed by atoms with van der Waals surface area (Å²) in [4.78, 5) is 11.2. The number of nitrogens with one attached hydrogen (secondary N) is 1. The fourth-order valence-electron chi connectivity index (χ4n) is 1.14. The number of ether oxygens (including phenoxy) is 1. The maximum atomic E-state index is 11.2. The van der Waals surface area contributed by atoms with Gasteiger partial charge in [0.25, 0.3) is 0 Å². The third-order valence-electron chi connectivity index (χ3n) is 1.99. The highest BCUT2D eigenvalue weighted by Gasteiger charge is 1.93. The van der Waals surface area contributed by atoms with Crippen molar-refractivity contribution in [2.24, 2.45) is 5.73 Å². The highest BCUT2D eigenvalue weighted by molar-refractivity contribution is 5.91. The van der Waals surface area contributed by atoms with Gasteiger partial charge in [-0.15, -0.1) is 0 Å². The van der Waals surface area contributed by atoms with Gasteiger partial charge in [0, 0.05) is 19.2 Å². The van der Waals surface area contributed by atoms with Gasteiger partial charge < -0.3 is 15.8 Å². The lowest BCUT2D eigenvalue weighted by atomic mass is 10.2. The van der Waals surface area contributed by atoms with Crippen molar-refractivity contribution < 1.29 is 9.53 Å². The second-order valence-electron chi connectivity index (χ2n) is 3.19. The molecule has 3 N–H and O–H groups in total. The van der Waals surface area contributed by atoms with Crippen LogP contribution in [0.25, 0.3) is 6.08 Å². The van der Waals surface area contributed by atoms with Gasteiger partial charge in [-0.3, -0.25) is 4.79 Å². The molecular formula is C12H16N2O2. The van der Waals surface area contributed by atoms with Crippen LogP contribution in [0.5, 0.6) is 5.75 Å². The summed E-state index contributed by atoms with van der Waals surface area (Å²) in [5.41, 5.74) is 6.21. The summed E-state index contributed by atoms with van der Waals surface area (Å²) in [6, 6.07) is 7.45. The zero-order chi connectivity index (χ0) is 11.8. The Morgan fingerprint density at radius 2 is 2.12 bits per heavy atom. The molecule has 0 bridgehead atoms. The van der Waals surface area contributed by atoms with E-state index in [1.165, 1.54) is 6.08 Å². The van der Waals surface area contributed by atoms with Gasteiger partial charge in [0.05, 0.1) is 7.11 Å². The average Bonchev–Trinajstić information content (AvgIpc) is 2.34. The fourth-order valence-corrected chi connectivity index (χ4v) is 1.14. The molecule has 0 fully saturated rings. The molecule has 0 aliphatic rings. The molecule has 4 heteroatoms. The molecule has 86 valence electrons. The first-order valence-corrected chi connectivity index (χ1v) is 5.06. The second-order valence-corrected chi connectivity index (χ2v) is 3.19. The highest BCUT2D eigenvalue weighted by atomic mass is 16.5. The summed E-state index contributed by atoms with van der Waals surface area (Å²) < 4.78 is 5.03. The van der Waals surface area contributed by atoms with Crippen molar-refractivity contribution >= 4 is 12.0 Å². The van der Waals surface area contributed by atoms with E-state index in [9.17, 15) is 4.79 Å². The van der Waals surface area contributed by atoms with Crippen LogP contribution in [0.3, 0.4) is 0 Å². The summed E-state index contributed by atoms with van der Waals surface area (Å²) in [6.07, 6.45) is 3.22. The first kappa shape index (κ1) is 12.3. The maximum absolute atomic E-state index is 11.2. The van der Waals surface area contributed by atoms with E-state index < -0.39 is 0 Å². The van der Waals surface area contributed by atoms with E-state index in [0.717, 1.165) is 11.3 Å². The number of hydrogen-bond acceptors (Lipinski definition) is 3. The molecule has 1 rings (SSSR count). The molecule has 0 unspecified atom stereocenters. The zero-order valence-electron chi connectivity index (χ0n) is 9.27. The van der Waals surface area contributed by atoms with Crippen molar-refractivity contribution in [3.05, 3.63) is 35.9 Å².